The highest BCUT2D eigenvalue weighted by atomic mass is 79.9. The van der Waals surface area contributed by atoms with E-state index in [9.17, 15) is 4.39 Å². The van der Waals surface area contributed by atoms with Crippen LogP contribution in [0.25, 0.3) is 0 Å². The van der Waals surface area contributed by atoms with Crippen molar-refractivity contribution >= 4 is 15.9 Å². The molecule has 5 heteroatoms. The van der Waals surface area contributed by atoms with Crippen molar-refractivity contribution in [3.05, 3.63) is 52.0 Å². The number of nitrogens with zero attached hydrogens (tertiary/aromatic N) is 1. The molecule has 0 amide bonds. The van der Waals surface area contributed by atoms with Gasteiger partial charge in [-0.1, -0.05) is 6.07 Å². The van der Waals surface area contributed by atoms with E-state index in [1.165, 1.54) is 6.07 Å². The smallest absolute Gasteiger partial charge is 0.137 e. The standard InChI is InChI=1S/C11H11BrFN3/c12-10-2-1-8(5-11(10)13)6-14-7-9-3-4-15-16-9/h1-5,14H,6-7H2,(H,15,16). The number of halogens is 2. The van der Waals surface area contributed by atoms with Crippen molar-refractivity contribution in [1.29, 1.82) is 0 Å². The highest BCUT2D eigenvalue weighted by Gasteiger charge is 2.00. The molecule has 0 saturated heterocycles. The lowest BCUT2D eigenvalue weighted by Gasteiger charge is -2.04. The molecule has 0 fully saturated rings. The Kier molecular flexibility index (Phi) is 3.69. The molecule has 1 aromatic heterocycles. The maximum atomic E-state index is 13.2. The zero-order valence-corrected chi connectivity index (χ0v) is 10.1. The van der Waals surface area contributed by atoms with Gasteiger partial charge in [0.1, 0.15) is 5.82 Å². The van der Waals surface area contributed by atoms with Gasteiger partial charge >= 0.3 is 0 Å². The van der Waals surface area contributed by atoms with E-state index in [-0.39, 0.29) is 5.82 Å². The third-order valence-corrected chi connectivity index (χ3v) is 2.83. The molecule has 2 rings (SSSR count). The molecule has 0 bridgehead atoms. The van der Waals surface area contributed by atoms with Gasteiger partial charge in [-0.2, -0.15) is 5.10 Å². The Labute approximate surface area is 101 Å². The molecule has 1 aromatic carbocycles. The average molecular weight is 284 g/mol. The molecule has 0 spiro atoms. The molecule has 0 atom stereocenters. The summed E-state index contributed by atoms with van der Waals surface area (Å²) in [5.41, 5.74) is 1.93. The second-order valence-electron chi connectivity index (χ2n) is 3.43. The van der Waals surface area contributed by atoms with Gasteiger partial charge in [-0.05, 0) is 39.7 Å². The third-order valence-electron chi connectivity index (χ3n) is 2.19. The fourth-order valence-electron chi connectivity index (χ4n) is 1.37. The molecule has 0 saturated carbocycles. The van der Waals surface area contributed by atoms with Gasteiger partial charge in [-0.3, -0.25) is 5.10 Å². The minimum atomic E-state index is -0.235. The van der Waals surface area contributed by atoms with Crippen molar-refractivity contribution in [1.82, 2.24) is 15.5 Å². The van der Waals surface area contributed by atoms with Crippen molar-refractivity contribution in [3.8, 4) is 0 Å². The van der Waals surface area contributed by atoms with E-state index in [0.717, 1.165) is 11.3 Å². The summed E-state index contributed by atoms with van der Waals surface area (Å²) in [4.78, 5) is 0. The normalized spacial score (nSPS) is 10.6. The number of hydrogen-bond donors (Lipinski definition) is 2. The summed E-state index contributed by atoms with van der Waals surface area (Å²) < 4.78 is 13.7. The van der Waals surface area contributed by atoms with Crippen LogP contribution >= 0.6 is 15.9 Å². The lowest BCUT2D eigenvalue weighted by molar-refractivity contribution is 0.613. The van der Waals surface area contributed by atoms with Crippen LogP contribution in [-0.4, -0.2) is 10.2 Å². The number of aromatic nitrogens is 2. The van der Waals surface area contributed by atoms with Crippen LogP contribution in [0.15, 0.2) is 34.9 Å². The Morgan fingerprint density at radius 1 is 1.31 bits per heavy atom. The highest BCUT2D eigenvalue weighted by Crippen LogP contribution is 2.16. The van der Waals surface area contributed by atoms with Crippen molar-refractivity contribution in [2.75, 3.05) is 0 Å². The van der Waals surface area contributed by atoms with Crippen LogP contribution in [0.1, 0.15) is 11.3 Å². The molecule has 3 nitrogen and oxygen atoms in total. The van der Waals surface area contributed by atoms with Gasteiger partial charge in [0, 0.05) is 25.0 Å². The summed E-state index contributed by atoms with van der Waals surface area (Å²) in [6.45, 7) is 1.32. The Morgan fingerprint density at radius 2 is 2.19 bits per heavy atom. The summed E-state index contributed by atoms with van der Waals surface area (Å²) in [5, 5.41) is 9.89. The maximum Gasteiger partial charge on any atom is 0.137 e. The monoisotopic (exact) mass is 283 g/mol. The van der Waals surface area contributed by atoms with E-state index in [1.807, 2.05) is 12.1 Å². The van der Waals surface area contributed by atoms with Crippen LogP contribution in [0.3, 0.4) is 0 Å². The van der Waals surface area contributed by atoms with Gasteiger partial charge in [0.15, 0.2) is 0 Å². The van der Waals surface area contributed by atoms with Gasteiger partial charge in [-0.15, -0.1) is 0 Å². The molecule has 0 aliphatic carbocycles. The predicted octanol–water partition coefficient (Wildman–Crippen LogP) is 2.60. The molecule has 2 N–H and O–H groups in total. The van der Waals surface area contributed by atoms with Crippen molar-refractivity contribution in [2.24, 2.45) is 0 Å². The molecule has 1 heterocycles. The summed E-state index contributed by atoms with van der Waals surface area (Å²) in [5.74, 6) is -0.235. The van der Waals surface area contributed by atoms with Crippen molar-refractivity contribution < 1.29 is 4.39 Å². The number of nitrogens with one attached hydrogen (secondary N) is 2. The first-order chi connectivity index (χ1) is 7.75. The minimum Gasteiger partial charge on any atom is -0.307 e. The number of hydrogen-bond acceptors (Lipinski definition) is 2. The largest absolute Gasteiger partial charge is 0.307 e. The van der Waals surface area contributed by atoms with E-state index in [1.54, 1.807) is 12.3 Å². The maximum absolute atomic E-state index is 13.2. The second-order valence-corrected chi connectivity index (χ2v) is 4.29. The topological polar surface area (TPSA) is 40.7 Å². The average Bonchev–Trinajstić information content (AvgIpc) is 2.76. The van der Waals surface area contributed by atoms with E-state index >= 15 is 0 Å². The van der Waals surface area contributed by atoms with Gasteiger partial charge in [0.05, 0.1) is 4.47 Å². The van der Waals surface area contributed by atoms with E-state index in [2.05, 4.69) is 31.4 Å². The van der Waals surface area contributed by atoms with Crippen molar-refractivity contribution in [3.63, 3.8) is 0 Å². The minimum absolute atomic E-state index is 0.235. The molecule has 2 aromatic rings. The van der Waals surface area contributed by atoms with Gasteiger partial charge < -0.3 is 5.32 Å². The summed E-state index contributed by atoms with van der Waals surface area (Å²) >= 11 is 3.12. The Morgan fingerprint density at radius 3 is 2.88 bits per heavy atom. The zero-order valence-electron chi connectivity index (χ0n) is 8.50. The quantitative estimate of drug-likeness (QED) is 0.906. The molecule has 0 unspecified atom stereocenters. The van der Waals surface area contributed by atoms with Gasteiger partial charge in [-0.25, -0.2) is 4.39 Å². The fourth-order valence-corrected chi connectivity index (χ4v) is 1.62. The summed E-state index contributed by atoms with van der Waals surface area (Å²) in [6.07, 6.45) is 1.70. The first kappa shape index (κ1) is 11.3. The third kappa shape index (κ3) is 2.90. The molecule has 16 heavy (non-hydrogen) atoms. The number of rotatable bonds is 4. The molecule has 0 aliphatic rings. The zero-order chi connectivity index (χ0) is 11.4. The van der Waals surface area contributed by atoms with E-state index < -0.39 is 0 Å². The Balaban J connectivity index is 1.87. The highest BCUT2D eigenvalue weighted by molar-refractivity contribution is 9.10. The number of H-pyrrole nitrogens is 1. The van der Waals surface area contributed by atoms with Crippen LogP contribution in [0, 0.1) is 5.82 Å². The van der Waals surface area contributed by atoms with E-state index in [0.29, 0.717) is 17.6 Å². The van der Waals surface area contributed by atoms with Crippen LogP contribution in [0.5, 0.6) is 0 Å². The van der Waals surface area contributed by atoms with Gasteiger partial charge in [0.2, 0.25) is 0 Å². The SMILES string of the molecule is Fc1cc(CNCc2ccn[nH]2)ccc1Br. The summed E-state index contributed by atoms with van der Waals surface area (Å²) in [6, 6.07) is 7.01. The predicted molar refractivity (Wildman–Crippen MR) is 63.2 cm³/mol. The number of aromatic amines is 1. The second kappa shape index (κ2) is 5.23. The lowest BCUT2D eigenvalue weighted by atomic mass is 10.2. The van der Waals surface area contributed by atoms with Crippen molar-refractivity contribution in [2.45, 2.75) is 13.1 Å². The summed E-state index contributed by atoms with van der Waals surface area (Å²) in [7, 11) is 0. The molecule has 84 valence electrons. The first-order valence-corrected chi connectivity index (χ1v) is 5.68. The molecule has 0 aliphatic heterocycles. The van der Waals surface area contributed by atoms with Gasteiger partial charge in [0.25, 0.3) is 0 Å². The van der Waals surface area contributed by atoms with E-state index in [4.69, 9.17) is 0 Å². The first-order valence-electron chi connectivity index (χ1n) is 4.88. The lowest BCUT2D eigenvalue weighted by Crippen LogP contribution is -2.13. The van der Waals surface area contributed by atoms with Crippen LogP contribution < -0.4 is 5.32 Å². The molecular weight excluding hydrogens is 273 g/mol. The Hall–Kier alpha value is -1.20. The molecular formula is C11H11BrFN3. The van der Waals surface area contributed by atoms with Crippen LogP contribution in [0.4, 0.5) is 4.39 Å². The fraction of sp³-hybridized carbons (Fsp3) is 0.182. The number of benzene rings is 1. The molecule has 0 radical (unpaired) electrons. The van der Waals surface area contributed by atoms with Crippen LogP contribution in [-0.2, 0) is 13.1 Å². The Bertz CT molecular complexity index is 456. The van der Waals surface area contributed by atoms with Crippen LogP contribution in [0.2, 0.25) is 0 Å².